The van der Waals surface area contributed by atoms with Crippen molar-refractivity contribution in [2.45, 2.75) is 52.5 Å². The fourth-order valence-corrected chi connectivity index (χ4v) is 1.58. The minimum absolute atomic E-state index is 0.715. The van der Waals surface area contributed by atoms with Crippen LogP contribution in [0.3, 0.4) is 0 Å². The second-order valence-corrected chi connectivity index (χ2v) is 6.23. The Kier molecular flexibility index (Phi) is 9.43. The first-order chi connectivity index (χ1) is 8.83. The molecule has 1 aromatic rings. The molecule has 0 aliphatic carbocycles. The third kappa shape index (κ3) is 15.0. The zero-order valence-corrected chi connectivity index (χ0v) is 13.0. The highest BCUT2D eigenvalue weighted by atomic mass is 32.2. The van der Waals surface area contributed by atoms with Crippen LogP contribution in [0, 0.1) is 6.92 Å². The van der Waals surface area contributed by atoms with E-state index < -0.39 is 10.1 Å². The van der Waals surface area contributed by atoms with E-state index in [4.69, 9.17) is 4.55 Å². The summed E-state index contributed by atoms with van der Waals surface area (Å²) < 4.78 is 28.1. The Bertz CT molecular complexity index is 419. The van der Waals surface area contributed by atoms with Crippen LogP contribution in [0.2, 0.25) is 0 Å². The van der Waals surface area contributed by atoms with Crippen LogP contribution in [-0.4, -0.2) is 19.2 Å². The predicted molar refractivity (Wildman–Crippen MR) is 77.6 cm³/mol. The first-order valence-corrected chi connectivity index (χ1v) is 8.56. The molecule has 0 aromatic carbocycles. The molecule has 0 atom stereocenters. The van der Waals surface area contributed by atoms with Gasteiger partial charge in [-0.25, -0.2) is 4.57 Å². The summed E-state index contributed by atoms with van der Waals surface area (Å²) in [5, 5.41) is 0. The van der Waals surface area contributed by atoms with E-state index in [1.165, 1.54) is 44.2 Å². The Hall–Kier alpha value is -0.940. The van der Waals surface area contributed by atoms with Gasteiger partial charge in [0, 0.05) is 18.6 Å². The largest absolute Gasteiger partial charge is 0.286 e. The number of hydrogen-bond donors (Lipinski definition) is 1. The van der Waals surface area contributed by atoms with E-state index in [1.807, 2.05) is 0 Å². The van der Waals surface area contributed by atoms with Crippen molar-refractivity contribution in [1.82, 2.24) is 0 Å². The molecule has 0 saturated carbocycles. The van der Waals surface area contributed by atoms with E-state index in [-0.39, 0.29) is 0 Å². The number of rotatable bonds is 6. The minimum Gasteiger partial charge on any atom is -0.286 e. The number of pyridine rings is 1. The lowest BCUT2D eigenvalue weighted by molar-refractivity contribution is -0.697. The summed E-state index contributed by atoms with van der Waals surface area (Å²) in [6, 6.07) is 4.35. The topological polar surface area (TPSA) is 58.2 Å². The van der Waals surface area contributed by atoms with Gasteiger partial charge in [0.05, 0.1) is 6.26 Å². The van der Waals surface area contributed by atoms with E-state index in [1.54, 1.807) is 0 Å². The number of aromatic nitrogens is 1. The van der Waals surface area contributed by atoms with Crippen LogP contribution in [0.25, 0.3) is 0 Å². The molecule has 0 radical (unpaired) electrons. The van der Waals surface area contributed by atoms with Crippen molar-refractivity contribution in [3.05, 3.63) is 30.1 Å². The molecule has 1 aromatic heterocycles. The smallest absolute Gasteiger partial charge is 0.261 e. The predicted octanol–water partition coefficient (Wildman–Crippen LogP) is 2.76. The van der Waals surface area contributed by atoms with Crippen molar-refractivity contribution >= 4 is 10.1 Å². The number of nitrogens with zero attached hydrogens (tertiary/aromatic N) is 1. The third-order valence-corrected chi connectivity index (χ3v) is 2.58. The Morgan fingerprint density at radius 3 is 2.05 bits per heavy atom. The Morgan fingerprint density at radius 2 is 1.58 bits per heavy atom. The summed E-state index contributed by atoms with van der Waals surface area (Å²) in [4.78, 5) is 0. The fraction of sp³-hybridized carbons (Fsp3) is 0.643. The van der Waals surface area contributed by atoms with Gasteiger partial charge in [0.25, 0.3) is 10.1 Å². The van der Waals surface area contributed by atoms with Gasteiger partial charge in [-0.15, -0.1) is 0 Å². The zero-order chi connectivity index (χ0) is 14.7. The fourth-order valence-electron chi connectivity index (χ4n) is 1.58. The van der Waals surface area contributed by atoms with Crippen LogP contribution in [-0.2, 0) is 16.7 Å². The molecule has 19 heavy (non-hydrogen) atoms. The molecular weight excluding hydrogens is 262 g/mol. The van der Waals surface area contributed by atoms with Gasteiger partial charge >= 0.3 is 0 Å². The molecule has 0 bridgehead atoms. The van der Waals surface area contributed by atoms with Crippen molar-refractivity contribution in [2.24, 2.45) is 0 Å². The van der Waals surface area contributed by atoms with Gasteiger partial charge in [0.2, 0.25) is 0 Å². The van der Waals surface area contributed by atoms with Crippen LogP contribution in [0.15, 0.2) is 24.5 Å². The lowest BCUT2D eigenvalue weighted by Crippen LogP contribution is -2.32. The molecule has 1 rings (SSSR count). The summed E-state index contributed by atoms with van der Waals surface area (Å²) in [7, 11) is -3.67. The molecule has 4 nitrogen and oxygen atoms in total. The molecule has 0 spiro atoms. The van der Waals surface area contributed by atoms with Gasteiger partial charge in [-0.1, -0.05) is 26.2 Å². The summed E-state index contributed by atoms with van der Waals surface area (Å²) in [5.41, 5.74) is 1.34. The Balaban J connectivity index is 0.000000555. The average molecular weight is 288 g/mol. The van der Waals surface area contributed by atoms with Gasteiger partial charge < -0.3 is 0 Å². The second kappa shape index (κ2) is 9.92. The summed E-state index contributed by atoms with van der Waals surface area (Å²) >= 11 is 0. The summed E-state index contributed by atoms with van der Waals surface area (Å²) in [5.74, 6) is 0. The van der Waals surface area contributed by atoms with Crippen LogP contribution in [0.5, 0.6) is 0 Å². The quantitative estimate of drug-likeness (QED) is 0.497. The highest BCUT2D eigenvalue weighted by molar-refractivity contribution is 7.85. The lowest BCUT2D eigenvalue weighted by Gasteiger charge is -1.98. The normalized spacial score (nSPS) is 10.7. The molecule has 1 N–H and O–H groups in total. The summed E-state index contributed by atoms with van der Waals surface area (Å²) in [6.45, 7) is 5.56. The SMILES string of the molecule is CCCCCCC[n+]1ccc(C)cc1.CS(=O)(=O)O. The van der Waals surface area contributed by atoms with Crippen LogP contribution < -0.4 is 4.57 Å². The standard InChI is InChI=1S/C13H22N.CH4O3S/c1-3-4-5-6-7-10-14-11-8-13(2)9-12-14;1-5(2,3)4/h8-9,11-12H,3-7,10H2,1-2H3;1H3,(H,2,3,4)/q+1;. The van der Waals surface area contributed by atoms with Crippen molar-refractivity contribution in [1.29, 1.82) is 0 Å². The molecular formula is C14H26NO3S+. The third-order valence-electron chi connectivity index (χ3n) is 2.58. The first kappa shape index (κ1) is 18.1. The first-order valence-electron chi connectivity index (χ1n) is 6.71. The molecule has 0 amide bonds. The highest BCUT2D eigenvalue weighted by Crippen LogP contribution is 2.02. The van der Waals surface area contributed by atoms with Crippen molar-refractivity contribution < 1.29 is 17.5 Å². The number of unbranched alkanes of at least 4 members (excludes halogenated alkanes) is 4. The van der Waals surface area contributed by atoms with Gasteiger partial charge in [-0.05, 0) is 18.9 Å². The van der Waals surface area contributed by atoms with Crippen LogP contribution >= 0.6 is 0 Å². The number of hydrogen-bond acceptors (Lipinski definition) is 2. The van der Waals surface area contributed by atoms with E-state index in [0.29, 0.717) is 6.26 Å². The second-order valence-electron chi connectivity index (χ2n) is 4.76. The minimum atomic E-state index is -3.67. The van der Waals surface area contributed by atoms with Gasteiger partial charge in [-0.3, -0.25) is 4.55 Å². The van der Waals surface area contributed by atoms with Gasteiger partial charge in [-0.2, -0.15) is 8.42 Å². The van der Waals surface area contributed by atoms with Crippen molar-refractivity contribution in [3.8, 4) is 0 Å². The van der Waals surface area contributed by atoms with Crippen molar-refractivity contribution in [2.75, 3.05) is 6.26 Å². The molecule has 5 heteroatoms. The van der Waals surface area contributed by atoms with Gasteiger partial charge in [0.1, 0.15) is 6.54 Å². The zero-order valence-electron chi connectivity index (χ0n) is 12.2. The summed E-state index contributed by atoms with van der Waals surface area (Å²) in [6.07, 6.45) is 11.9. The molecule has 1 heterocycles. The van der Waals surface area contributed by atoms with E-state index in [0.717, 1.165) is 0 Å². The molecule has 0 aliphatic heterocycles. The monoisotopic (exact) mass is 288 g/mol. The van der Waals surface area contributed by atoms with E-state index in [2.05, 4.69) is 42.9 Å². The Labute approximate surface area is 117 Å². The number of aryl methyl sites for hydroxylation is 2. The van der Waals surface area contributed by atoms with Crippen LogP contribution in [0.4, 0.5) is 0 Å². The maximum atomic E-state index is 9.19. The molecule has 110 valence electrons. The highest BCUT2D eigenvalue weighted by Gasteiger charge is 1.98. The molecule has 0 aliphatic rings. The van der Waals surface area contributed by atoms with Crippen LogP contribution in [0.1, 0.15) is 44.6 Å². The van der Waals surface area contributed by atoms with Crippen molar-refractivity contribution in [3.63, 3.8) is 0 Å². The van der Waals surface area contributed by atoms with E-state index in [9.17, 15) is 8.42 Å². The lowest BCUT2D eigenvalue weighted by atomic mass is 10.1. The molecule has 0 fully saturated rings. The maximum Gasteiger partial charge on any atom is 0.261 e. The average Bonchev–Trinajstić information content (AvgIpc) is 2.29. The van der Waals surface area contributed by atoms with Gasteiger partial charge in [0.15, 0.2) is 12.4 Å². The molecule has 0 saturated heterocycles. The maximum absolute atomic E-state index is 9.19. The van der Waals surface area contributed by atoms with E-state index >= 15 is 0 Å². The Morgan fingerprint density at radius 1 is 1.11 bits per heavy atom. The molecule has 0 unspecified atom stereocenters.